The number of sulfonamides is 1. The van der Waals surface area contributed by atoms with E-state index in [0.717, 1.165) is 5.56 Å². The van der Waals surface area contributed by atoms with Gasteiger partial charge in [0.1, 0.15) is 0 Å². The van der Waals surface area contributed by atoms with Crippen molar-refractivity contribution in [3.05, 3.63) is 65.2 Å². The summed E-state index contributed by atoms with van der Waals surface area (Å²) in [4.78, 5) is 11.6. The Morgan fingerprint density at radius 1 is 1.00 bits per heavy atom. The average Bonchev–Trinajstić information content (AvgIpc) is 2.79. The van der Waals surface area contributed by atoms with Crippen molar-refractivity contribution in [1.29, 1.82) is 0 Å². The SMILES string of the molecule is COC(=O)c1ccc(/C(C)=N/OP2(=NS(=O)(=O)c3ccc(C)cc3)OCC(C)(C)CO2)cc1. The molecule has 0 amide bonds. The van der Waals surface area contributed by atoms with Gasteiger partial charge in [-0.25, -0.2) is 4.79 Å². The molecule has 0 unspecified atom stereocenters. The van der Waals surface area contributed by atoms with Crippen molar-refractivity contribution in [2.24, 2.45) is 14.7 Å². The number of ether oxygens (including phenoxy) is 1. The van der Waals surface area contributed by atoms with Crippen LogP contribution < -0.4 is 0 Å². The second kappa shape index (κ2) is 9.77. The number of rotatable bonds is 6. The highest BCUT2D eigenvalue weighted by molar-refractivity contribution is 7.93. The van der Waals surface area contributed by atoms with E-state index in [4.69, 9.17) is 18.4 Å². The van der Waals surface area contributed by atoms with Crippen molar-refractivity contribution in [2.75, 3.05) is 20.3 Å². The molecule has 9 nitrogen and oxygen atoms in total. The normalized spacial score (nSPS) is 17.8. The van der Waals surface area contributed by atoms with Crippen molar-refractivity contribution in [3.63, 3.8) is 0 Å². The predicted molar refractivity (Wildman–Crippen MR) is 124 cm³/mol. The minimum atomic E-state index is -4.12. The lowest BCUT2D eigenvalue weighted by Gasteiger charge is -2.34. The Bertz CT molecular complexity index is 1190. The molecule has 1 fully saturated rings. The van der Waals surface area contributed by atoms with Crippen molar-refractivity contribution < 1.29 is 31.6 Å². The van der Waals surface area contributed by atoms with Gasteiger partial charge in [-0.2, -0.15) is 8.42 Å². The lowest BCUT2D eigenvalue weighted by Crippen LogP contribution is -2.30. The van der Waals surface area contributed by atoms with Gasteiger partial charge in [0.2, 0.25) is 0 Å². The predicted octanol–water partition coefficient (Wildman–Crippen LogP) is 4.93. The van der Waals surface area contributed by atoms with E-state index in [1.54, 1.807) is 43.3 Å². The summed E-state index contributed by atoms with van der Waals surface area (Å²) in [5.41, 5.74) is 2.04. The first-order valence-electron chi connectivity index (χ1n) is 10.1. The van der Waals surface area contributed by atoms with Crippen molar-refractivity contribution >= 4 is 29.4 Å². The lowest BCUT2D eigenvalue weighted by atomic mass is 9.97. The first-order valence-corrected chi connectivity index (χ1v) is 13.1. The summed E-state index contributed by atoms with van der Waals surface area (Å²) in [5.74, 6) is -0.455. The Morgan fingerprint density at radius 3 is 2.09 bits per heavy atom. The molecule has 0 atom stereocenters. The minimum Gasteiger partial charge on any atom is -0.465 e. The average molecular weight is 495 g/mol. The molecular formula is C22H27N2O7PS. The molecule has 2 aromatic rings. The first-order chi connectivity index (χ1) is 15.5. The van der Waals surface area contributed by atoms with Crippen molar-refractivity contribution in [3.8, 4) is 0 Å². The Morgan fingerprint density at radius 2 is 1.55 bits per heavy atom. The maximum atomic E-state index is 13.0. The summed E-state index contributed by atoms with van der Waals surface area (Å²) in [6, 6.07) is 12.8. The minimum absolute atomic E-state index is 0.00668. The van der Waals surface area contributed by atoms with Crippen molar-refractivity contribution in [1.82, 2.24) is 0 Å². The Balaban J connectivity index is 1.93. The summed E-state index contributed by atoms with van der Waals surface area (Å²) in [7, 11) is -6.52. The summed E-state index contributed by atoms with van der Waals surface area (Å²) in [5, 5.41) is 4.07. The van der Waals surface area contributed by atoms with Crippen LogP contribution in [-0.2, 0) is 28.4 Å². The van der Waals surface area contributed by atoms with Gasteiger partial charge in [0, 0.05) is 5.41 Å². The zero-order valence-electron chi connectivity index (χ0n) is 19.1. The molecule has 1 heterocycles. The van der Waals surface area contributed by atoms with Crippen LogP contribution in [0.15, 0.2) is 62.7 Å². The number of nitrogens with zero attached hydrogens (tertiary/aromatic N) is 2. The molecule has 1 aliphatic heterocycles. The van der Waals surface area contributed by atoms with E-state index >= 15 is 0 Å². The Labute approximate surface area is 194 Å². The molecule has 178 valence electrons. The van der Waals surface area contributed by atoms with E-state index in [-0.39, 0.29) is 23.5 Å². The molecule has 0 saturated carbocycles. The zero-order valence-corrected chi connectivity index (χ0v) is 20.9. The molecule has 2 aromatic carbocycles. The number of aryl methyl sites for hydroxylation is 1. The summed E-state index contributed by atoms with van der Waals surface area (Å²) in [6.07, 6.45) is 0. The fourth-order valence-electron chi connectivity index (χ4n) is 2.72. The largest absolute Gasteiger partial charge is 0.465 e. The van der Waals surface area contributed by atoms with Crippen LogP contribution in [0.2, 0.25) is 0 Å². The molecule has 1 aliphatic rings. The number of oxime groups is 1. The summed E-state index contributed by atoms with van der Waals surface area (Å²) >= 11 is 0. The molecule has 0 aromatic heterocycles. The van der Waals surface area contributed by atoms with E-state index < -0.39 is 23.7 Å². The van der Waals surface area contributed by atoms with E-state index in [2.05, 4.69) is 9.31 Å². The highest BCUT2D eigenvalue weighted by Gasteiger charge is 2.40. The van der Waals surface area contributed by atoms with Gasteiger partial charge in [-0.3, -0.25) is 9.05 Å². The van der Waals surface area contributed by atoms with Gasteiger partial charge in [0.25, 0.3) is 10.0 Å². The number of carbonyl (C=O) groups excluding carboxylic acids is 1. The molecule has 33 heavy (non-hydrogen) atoms. The number of carbonyl (C=O) groups is 1. The Hall–Kier alpha value is -2.52. The van der Waals surface area contributed by atoms with Crippen LogP contribution in [0.5, 0.6) is 0 Å². The van der Waals surface area contributed by atoms with Crippen LogP contribution in [-0.4, -0.2) is 40.4 Å². The van der Waals surface area contributed by atoms with Crippen molar-refractivity contribution in [2.45, 2.75) is 32.6 Å². The quantitative estimate of drug-likeness (QED) is 0.242. The molecule has 1 saturated heterocycles. The van der Waals surface area contributed by atoms with E-state index in [9.17, 15) is 13.2 Å². The monoisotopic (exact) mass is 494 g/mol. The lowest BCUT2D eigenvalue weighted by molar-refractivity contribution is 0.0211. The third-order valence-electron chi connectivity index (χ3n) is 4.77. The van der Waals surface area contributed by atoms with Gasteiger partial charge in [-0.1, -0.05) is 53.0 Å². The fraction of sp³-hybridized carbons (Fsp3) is 0.364. The van der Waals surface area contributed by atoms with Crippen LogP contribution in [0.25, 0.3) is 0 Å². The zero-order chi connectivity index (χ0) is 24.3. The van der Waals surface area contributed by atoms with Gasteiger partial charge >= 0.3 is 13.7 Å². The summed E-state index contributed by atoms with van der Waals surface area (Å²) in [6.45, 7) is 7.76. The standard InChI is InChI=1S/C22H27N2O7PS/c1-16-6-12-20(13-7-16)33(26,27)24-32(29-14-22(3,4)15-30-32)31-23-17(2)18-8-10-19(11-9-18)21(25)28-5/h6-13H,14-15H2,1-5H3/b23-17+. The number of esters is 1. The second-order valence-corrected chi connectivity index (χ2v) is 12.1. The molecule has 0 bridgehead atoms. The molecule has 3 rings (SSSR count). The number of hydrogen-bond acceptors (Lipinski definition) is 8. The van der Waals surface area contributed by atoms with E-state index in [1.807, 2.05) is 20.8 Å². The van der Waals surface area contributed by atoms with Crippen LogP contribution in [0.3, 0.4) is 0 Å². The van der Waals surface area contributed by atoms with Gasteiger partial charge in [0.15, 0.2) is 0 Å². The van der Waals surface area contributed by atoms with Crippen LogP contribution in [0, 0.1) is 12.3 Å². The van der Waals surface area contributed by atoms with Gasteiger partial charge in [-0.15, -0.1) is 0 Å². The van der Waals surface area contributed by atoms with Gasteiger partial charge < -0.3 is 9.36 Å². The number of benzene rings is 2. The number of hydrogen-bond donors (Lipinski definition) is 0. The van der Waals surface area contributed by atoms with Crippen LogP contribution in [0.4, 0.5) is 0 Å². The maximum Gasteiger partial charge on any atom is 0.447 e. The van der Waals surface area contributed by atoms with E-state index in [0.29, 0.717) is 16.8 Å². The molecule has 11 heteroatoms. The topological polar surface area (TPSA) is 113 Å². The maximum absolute atomic E-state index is 13.0. The number of methoxy groups -OCH3 is 1. The second-order valence-electron chi connectivity index (χ2n) is 8.38. The third kappa shape index (κ3) is 6.29. The molecule has 0 N–H and O–H groups in total. The molecule has 0 aliphatic carbocycles. The first kappa shape index (κ1) is 25.1. The van der Waals surface area contributed by atoms with Gasteiger partial charge in [0.05, 0.1) is 36.5 Å². The highest BCUT2D eigenvalue weighted by Crippen LogP contribution is 2.59. The molecule has 0 spiro atoms. The third-order valence-corrected chi connectivity index (χ3v) is 8.49. The van der Waals surface area contributed by atoms with E-state index in [1.165, 1.54) is 19.2 Å². The highest BCUT2D eigenvalue weighted by atomic mass is 32.2. The smallest absolute Gasteiger partial charge is 0.447 e. The summed E-state index contributed by atoms with van der Waals surface area (Å²) < 4.78 is 51.6. The molecular weight excluding hydrogens is 467 g/mol. The van der Waals surface area contributed by atoms with Crippen LogP contribution >= 0.6 is 7.74 Å². The fourth-order valence-corrected chi connectivity index (χ4v) is 6.55. The van der Waals surface area contributed by atoms with Crippen LogP contribution in [0.1, 0.15) is 42.3 Å². The molecule has 0 radical (unpaired) electrons. The Kier molecular flexibility index (Phi) is 7.43. The van der Waals surface area contributed by atoms with Gasteiger partial charge in [-0.05, 0) is 43.7 Å².